The normalized spacial score (nSPS) is 29.9. The van der Waals surface area contributed by atoms with Gasteiger partial charge in [-0.05, 0) is 31.2 Å². The molecule has 0 amide bonds. The molecule has 0 bridgehead atoms. The molecule has 0 radical (unpaired) electrons. The molecule has 0 fully saturated rings. The largest absolute Gasteiger partial charge is 0.511 e. The second kappa shape index (κ2) is 5.75. The summed E-state index contributed by atoms with van der Waals surface area (Å²) in [6.45, 7) is 6.81. The summed E-state index contributed by atoms with van der Waals surface area (Å²) in [4.78, 5) is 10.7. The predicted octanol–water partition coefficient (Wildman–Crippen LogP) is 2.57. The predicted molar refractivity (Wildman–Crippen MR) is 74.5 cm³/mol. The molecule has 2 N–H and O–H groups in total. The molecule has 1 aliphatic carbocycles. The number of hydrogen-bond donors (Lipinski definition) is 2. The lowest BCUT2D eigenvalue weighted by atomic mass is 9.55. The Labute approximate surface area is 115 Å². The summed E-state index contributed by atoms with van der Waals surface area (Å²) in [5, 5.41) is 22.7. The summed E-state index contributed by atoms with van der Waals surface area (Å²) in [6, 6.07) is 2.13. The van der Waals surface area contributed by atoms with Crippen molar-refractivity contribution < 1.29 is 9.90 Å². The van der Waals surface area contributed by atoms with E-state index in [2.05, 4.69) is 18.3 Å². The molecule has 2 atom stereocenters. The molecule has 0 aromatic rings. The number of aliphatic hydroxyl groups is 1. The molecule has 1 aliphatic rings. The van der Waals surface area contributed by atoms with Crippen LogP contribution in [0.2, 0.25) is 0 Å². The van der Waals surface area contributed by atoms with Crippen molar-refractivity contribution >= 4 is 6.29 Å². The smallest absolute Gasteiger partial charge is 0.120 e. The third-order valence-corrected chi connectivity index (χ3v) is 4.48. The number of hydrogen-bond acceptors (Lipinski definition) is 4. The van der Waals surface area contributed by atoms with Gasteiger partial charge in [-0.15, -0.1) is 0 Å². The van der Waals surface area contributed by atoms with E-state index in [0.717, 1.165) is 19.3 Å². The molecule has 4 nitrogen and oxygen atoms in total. The highest BCUT2D eigenvalue weighted by atomic mass is 16.3. The highest BCUT2D eigenvalue weighted by molar-refractivity contribution is 5.49. The topological polar surface area (TPSA) is 73.1 Å². The molecule has 2 unspecified atom stereocenters. The van der Waals surface area contributed by atoms with E-state index in [0.29, 0.717) is 18.4 Å². The van der Waals surface area contributed by atoms with Gasteiger partial charge >= 0.3 is 0 Å². The number of nitriles is 1. The fourth-order valence-corrected chi connectivity index (χ4v) is 3.66. The van der Waals surface area contributed by atoms with Gasteiger partial charge in [0.05, 0.1) is 11.6 Å². The van der Waals surface area contributed by atoms with Crippen LogP contribution in [0.4, 0.5) is 0 Å². The number of aliphatic hydroxyl groups excluding tert-OH is 1. The third kappa shape index (κ3) is 2.82. The molecule has 0 spiro atoms. The molecule has 0 saturated carbocycles. The second-order valence-corrected chi connectivity index (χ2v) is 6.32. The van der Waals surface area contributed by atoms with Gasteiger partial charge in [0.25, 0.3) is 0 Å². The van der Waals surface area contributed by atoms with Crippen molar-refractivity contribution in [1.29, 1.82) is 5.26 Å². The Bertz CT molecular complexity index is 420. The van der Waals surface area contributed by atoms with Gasteiger partial charge in [-0.25, -0.2) is 0 Å². The van der Waals surface area contributed by atoms with Crippen molar-refractivity contribution in [3.05, 3.63) is 11.3 Å². The Morgan fingerprint density at radius 2 is 2.16 bits per heavy atom. The van der Waals surface area contributed by atoms with Crippen LogP contribution in [0.5, 0.6) is 0 Å². The molecule has 1 rings (SSSR count). The Morgan fingerprint density at radius 3 is 2.63 bits per heavy atom. The summed E-state index contributed by atoms with van der Waals surface area (Å²) in [6.07, 6.45) is 2.71. The monoisotopic (exact) mass is 264 g/mol. The Balaban J connectivity index is 3.24. The first-order valence-electron chi connectivity index (χ1n) is 6.74. The molecule has 0 aromatic heterocycles. The first kappa shape index (κ1) is 15.7. The minimum absolute atomic E-state index is 0.126. The van der Waals surface area contributed by atoms with Crippen LogP contribution in [0.1, 0.15) is 40.0 Å². The maximum Gasteiger partial charge on any atom is 0.120 e. The molecule has 0 aliphatic heterocycles. The van der Waals surface area contributed by atoms with E-state index in [9.17, 15) is 15.2 Å². The summed E-state index contributed by atoms with van der Waals surface area (Å²) in [5.74, 6) is 0.356. The van der Waals surface area contributed by atoms with Crippen LogP contribution in [0.15, 0.2) is 11.3 Å². The van der Waals surface area contributed by atoms with Gasteiger partial charge in [0.1, 0.15) is 12.0 Å². The van der Waals surface area contributed by atoms with Crippen LogP contribution in [-0.2, 0) is 4.79 Å². The molecular weight excluding hydrogens is 240 g/mol. The number of carbonyl (C=O) groups is 1. The average molecular weight is 264 g/mol. The third-order valence-electron chi connectivity index (χ3n) is 4.48. The number of nitrogens with zero attached hydrogens (tertiary/aromatic N) is 1. The average Bonchev–Trinajstić information content (AvgIpc) is 2.34. The Morgan fingerprint density at radius 1 is 1.53 bits per heavy atom. The Kier molecular flexibility index (Phi) is 4.75. The highest BCUT2D eigenvalue weighted by Gasteiger charge is 2.50. The maximum absolute atomic E-state index is 10.7. The van der Waals surface area contributed by atoms with Crippen molar-refractivity contribution in [3.8, 4) is 6.07 Å². The van der Waals surface area contributed by atoms with Crippen LogP contribution in [0.3, 0.4) is 0 Å². The van der Waals surface area contributed by atoms with Gasteiger partial charge in [0.15, 0.2) is 0 Å². The van der Waals surface area contributed by atoms with Gasteiger partial charge in [-0.3, -0.25) is 0 Å². The van der Waals surface area contributed by atoms with Crippen LogP contribution in [0, 0.1) is 28.1 Å². The molecule has 0 aromatic carbocycles. The van der Waals surface area contributed by atoms with Gasteiger partial charge < -0.3 is 15.2 Å². The van der Waals surface area contributed by atoms with E-state index in [1.807, 2.05) is 20.9 Å². The van der Waals surface area contributed by atoms with Crippen LogP contribution >= 0.6 is 0 Å². The molecule has 0 saturated heterocycles. The van der Waals surface area contributed by atoms with Crippen molar-refractivity contribution in [2.24, 2.45) is 16.7 Å². The van der Waals surface area contributed by atoms with Gasteiger partial charge in [-0.2, -0.15) is 5.26 Å². The summed E-state index contributed by atoms with van der Waals surface area (Å²) < 4.78 is 0. The molecule has 4 heteroatoms. The van der Waals surface area contributed by atoms with Crippen molar-refractivity contribution in [2.75, 3.05) is 13.6 Å². The van der Waals surface area contributed by atoms with Gasteiger partial charge in [-0.1, -0.05) is 20.8 Å². The minimum Gasteiger partial charge on any atom is -0.511 e. The van der Waals surface area contributed by atoms with E-state index >= 15 is 0 Å². The molecule has 106 valence electrons. The minimum atomic E-state index is -0.474. The zero-order valence-electron chi connectivity index (χ0n) is 12.3. The quantitative estimate of drug-likeness (QED) is 0.748. The van der Waals surface area contributed by atoms with Crippen molar-refractivity contribution in [1.82, 2.24) is 5.32 Å². The van der Waals surface area contributed by atoms with Crippen molar-refractivity contribution in [3.63, 3.8) is 0 Å². The lowest BCUT2D eigenvalue weighted by molar-refractivity contribution is -0.108. The maximum atomic E-state index is 10.7. The van der Waals surface area contributed by atoms with E-state index in [-0.39, 0.29) is 17.1 Å². The molecule has 19 heavy (non-hydrogen) atoms. The van der Waals surface area contributed by atoms with E-state index in [1.165, 1.54) is 0 Å². The number of allylic oxidation sites excluding steroid dienone is 2. The van der Waals surface area contributed by atoms with Gasteiger partial charge in [0.2, 0.25) is 0 Å². The lowest BCUT2D eigenvalue weighted by Crippen LogP contribution is -2.48. The number of rotatable bonds is 5. The summed E-state index contributed by atoms with van der Waals surface area (Å²) >= 11 is 0. The SMILES string of the molecule is CNCC1(C)CC(C#N)=C(O)C(C)(C)C1CCC=O. The van der Waals surface area contributed by atoms with Crippen LogP contribution in [-0.4, -0.2) is 25.0 Å². The zero-order valence-corrected chi connectivity index (χ0v) is 12.3. The van der Waals surface area contributed by atoms with Gasteiger partial charge in [0, 0.05) is 18.4 Å². The standard InChI is InChI=1S/C15H24N2O2/c1-14(2)12(6-5-7-18)15(3,10-17-4)8-11(9-16)13(14)19/h7,12,17,19H,5-6,8,10H2,1-4H3. The first-order valence-corrected chi connectivity index (χ1v) is 6.74. The Hall–Kier alpha value is -1.34. The van der Waals surface area contributed by atoms with Crippen LogP contribution in [0.25, 0.3) is 0 Å². The van der Waals surface area contributed by atoms with E-state index in [1.54, 1.807) is 0 Å². The first-order chi connectivity index (χ1) is 8.83. The van der Waals surface area contributed by atoms with Crippen LogP contribution < -0.4 is 5.32 Å². The number of nitrogens with one attached hydrogen (secondary N) is 1. The molecular formula is C15H24N2O2. The lowest BCUT2D eigenvalue weighted by Gasteiger charge is -2.50. The highest BCUT2D eigenvalue weighted by Crippen LogP contribution is 2.54. The second-order valence-electron chi connectivity index (χ2n) is 6.32. The van der Waals surface area contributed by atoms with Crippen molar-refractivity contribution in [2.45, 2.75) is 40.0 Å². The van der Waals surface area contributed by atoms with E-state index < -0.39 is 5.41 Å². The summed E-state index contributed by atoms with van der Waals surface area (Å²) in [7, 11) is 1.89. The number of carbonyl (C=O) groups excluding carboxylic acids is 1. The summed E-state index contributed by atoms with van der Waals surface area (Å²) in [5.41, 5.74) is -0.124. The zero-order chi connectivity index (χ0) is 14.7. The van der Waals surface area contributed by atoms with E-state index in [4.69, 9.17) is 0 Å². The fraction of sp³-hybridized carbons (Fsp3) is 0.733. The fourth-order valence-electron chi connectivity index (χ4n) is 3.66. The number of aldehydes is 1. The molecule has 0 heterocycles.